The lowest BCUT2D eigenvalue weighted by atomic mass is 9.78. The normalized spacial score (nSPS) is 18.1. The van der Waals surface area contributed by atoms with Crippen molar-refractivity contribution in [3.63, 3.8) is 0 Å². The third-order valence-corrected chi connectivity index (χ3v) is 6.76. The molecule has 1 spiro atoms. The summed E-state index contributed by atoms with van der Waals surface area (Å²) in [5.74, 6) is 0. The lowest BCUT2D eigenvalue weighted by Crippen LogP contribution is -2.38. The fraction of sp³-hybridized carbons (Fsp3) is 0.385. The molecule has 5 heterocycles. The maximum Gasteiger partial charge on any atom is 0.0940 e. The molecule has 0 saturated carbocycles. The maximum atomic E-state index is 5.73. The number of hydrogen-bond donors (Lipinski definition) is 0. The van der Waals surface area contributed by atoms with Crippen molar-refractivity contribution in [1.29, 1.82) is 0 Å². The molecule has 0 N–H and O–H groups in total. The van der Waals surface area contributed by atoms with Gasteiger partial charge in [-0.25, -0.2) is 4.98 Å². The Bertz CT molecular complexity index is 1240. The van der Waals surface area contributed by atoms with Gasteiger partial charge in [-0.2, -0.15) is 0 Å². The van der Waals surface area contributed by atoms with Crippen molar-refractivity contribution >= 4 is 34.2 Å². The Morgan fingerprint density at radius 3 is 2.75 bits per heavy atom. The van der Waals surface area contributed by atoms with Gasteiger partial charge in [0.1, 0.15) is 0 Å². The van der Waals surface area contributed by atoms with Gasteiger partial charge in [0.15, 0.2) is 0 Å². The predicted molar refractivity (Wildman–Crippen MR) is 130 cm³/mol. The molecule has 0 aromatic carbocycles. The Hall–Kier alpha value is -3.12. The first-order valence-electron chi connectivity index (χ1n) is 11.3. The summed E-state index contributed by atoms with van der Waals surface area (Å²) in [6.07, 6.45) is 11.5. The molecule has 3 aromatic heterocycles. The van der Waals surface area contributed by atoms with Crippen molar-refractivity contribution in [1.82, 2.24) is 15.0 Å². The number of rotatable bonds is 3. The number of ether oxygens (including phenoxy) is 1. The number of nitrogens with zero attached hydrogens (tertiary/aromatic N) is 5. The lowest BCUT2D eigenvalue weighted by Gasteiger charge is -2.34. The highest BCUT2D eigenvalue weighted by atomic mass is 16.5. The molecule has 2 aliphatic rings. The van der Waals surface area contributed by atoms with Gasteiger partial charge < -0.3 is 9.64 Å². The minimum absolute atomic E-state index is 0.0154. The molecule has 0 atom stereocenters. The molecule has 1 saturated heterocycles. The summed E-state index contributed by atoms with van der Waals surface area (Å²) in [4.78, 5) is 21.3. The number of fused-ring (bicyclic) bond motifs is 3. The second-order valence-electron chi connectivity index (χ2n) is 8.75. The van der Waals surface area contributed by atoms with Gasteiger partial charge >= 0.3 is 0 Å². The van der Waals surface area contributed by atoms with Crippen LogP contribution in [0.5, 0.6) is 0 Å². The third-order valence-electron chi connectivity index (χ3n) is 6.76. The molecular weight excluding hydrogens is 398 g/mol. The smallest absolute Gasteiger partial charge is 0.0940 e. The van der Waals surface area contributed by atoms with Crippen LogP contribution >= 0.6 is 0 Å². The van der Waals surface area contributed by atoms with Gasteiger partial charge in [0, 0.05) is 54.7 Å². The van der Waals surface area contributed by atoms with Crippen LogP contribution in [0.3, 0.4) is 0 Å². The quantitative estimate of drug-likeness (QED) is 0.531. The van der Waals surface area contributed by atoms with Crippen molar-refractivity contribution in [2.45, 2.75) is 46.0 Å². The highest BCUT2D eigenvalue weighted by molar-refractivity contribution is 5.98. The predicted octanol–water partition coefficient (Wildman–Crippen LogP) is 5.29. The van der Waals surface area contributed by atoms with E-state index < -0.39 is 0 Å². The molecule has 6 heteroatoms. The van der Waals surface area contributed by atoms with E-state index in [0.29, 0.717) is 0 Å². The van der Waals surface area contributed by atoms with Gasteiger partial charge in [-0.1, -0.05) is 6.08 Å². The molecule has 0 unspecified atom stereocenters. The van der Waals surface area contributed by atoms with Crippen LogP contribution in [0.2, 0.25) is 0 Å². The lowest BCUT2D eigenvalue weighted by molar-refractivity contribution is 0.0546. The molecule has 32 heavy (non-hydrogen) atoms. The van der Waals surface area contributed by atoms with Crippen molar-refractivity contribution in [2.75, 3.05) is 24.7 Å². The number of anilines is 2. The average Bonchev–Trinajstić information content (AvgIpc) is 3.10. The molecule has 164 valence electrons. The number of aromatic nitrogens is 3. The topological polar surface area (TPSA) is 63.5 Å². The molecule has 5 rings (SSSR count). The van der Waals surface area contributed by atoms with Crippen molar-refractivity contribution in [3.05, 3.63) is 59.3 Å². The van der Waals surface area contributed by atoms with Crippen LogP contribution in [0.1, 0.15) is 49.2 Å². The Morgan fingerprint density at radius 2 is 2.00 bits per heavy atom. The van der Waals surface area contributed by atoms with Crippen LogP contribution < -0.4 is 4.90 Å². The number of allylic oxidation sites excluding steroid dienone is 1. The van der Waals surface area contributed by atoms with Gasteiger partial charge in [-0.3, -0.25) is 15.0 Å². The summed E-state index contributed by atoms with van der Waals surface area (Å²) < 4.78 is 5.73. The molecule has 3 aromatic rings. The van der Waals surface area contributed by atoms with Crippen LogP contribution in [0, 0.1) is 13.8 Å². The number of pyridine rings is 3. The fourth-order valence-corrected chi connectivity index (χ4v) is 5.19. The number of aryl methyl sites for hydroxylation is 1. The standard InChI is InChI=1S/C26H29N5O/c1-5-20(28-6-2)23-18(4)24(19-7-10-27-15-21(19)30-23)31-16-26(8-11-32-12-9-26)25-22(31)13-17(3)14-29-25/h5-7,10,13-15H,8-9,11-12,16H2,1-4H3. The van der Waals surface area contributed by atoms with Crippen LogP contribution in [-0.2, 0) is 10.2 Å². The first-order chi connectivity index (χ1) is 15.6. The van der Waals surface area contributed by atoms with E-state index in [1.807, 2.05) is 44.7 Å². The zero-order valence-corrected chi connectivity index (χ0v) is 19.2. The number of hydrogen-bond acceptors (Lipinski definition) is 6. The number of aliphatic imine (C=N–C) groups is 1. The summed E-state index contributed by atoms with van der Waals surface area (Å²) >= 11 is 0. The molecule has 6 nitrogen and oxygen atoms in total. The zero-order valence-electron chi connectivity index (χ0n) is 19.2. The maximum absolute atomic E-state index is 5.73. The molecule has 0 amide bonds. The van der Waals surface area contributed by atoms with E-state index >= 15 is 0 Å². The van der Waals surface area contributed by atoms with E-state index in [0.717, 1.165) is 60.5 Å². The summed E-state index contributed by atoms with van der Waals surface area (Å²) in [6.45, 7) is 10.7. The monoisotopic (exact) mass is 427 g/mol. The van der Waals surface area contributed by atoms with E-state index in [9.17, 15) is 0 Å². The summed E-state index contributed by atoms with van der Waals surface area (Å²) in [5.41, 5.74) is 8.53. The van der Waals surface area contributed by atoms with Gasteiger partial charge in [0.25, 0.3) is 0 Å². The molecule has 0 bridgehead atoms. The molecule has 2 aliphatic heterocycles. The zero-order chi connectivity index (χ0) is 22.3. The second-order valence-corrected chi connectivity index (χ2v) is 8.75. The largest absolute Gasteiger partial charge is 0.381 e. The highest BCUT2D eigenvalue weighted by Gasteiger charge is 2.46. The summed E-state index contributed by atoms with van der Waals surface area (Å²) in [6, 6.07) is 4.35. The summed E-state index contributed by atoms with van der Waals surface area (Å²) in [7, 11) is 0. The highest BCUT2D eigenvalue weighted by Crippen LogP contribution is 2.50. The van der Waals surface area contributed by atoms with Gasteiger partial charge in [-0.15, -0.1) is 0 Å². The van der Waals surface area contributed by atoms with Crippen molar-refractivity contribution < 1.29 is 4.74 Å². The van der Waals surface area contributed by atoms with E-state index in [-0.39, 0.29) is 5.41 Å². The summed E-state index contributed by atoms with van der Waals surface area (Å²) in [5, 5.41) is 1.11. The van der Waals surface area contributed by atoms with Crippen LogP contribution in [0.4, 0.5) is 11.4 Å². The Balaban J connectivity index is 1.78. The van der Waals surface area contributed by atoms with E-state index in [4.69, 9.17) is 14.7 Å². The molecule has 0 aliphatic carbocycles. The van der Waals surface area contributed by atoms with E-state index in [1.54, 1.807) is 0 Å². The average molecular weight is 428 g/mol. The minimum Gasteiger partial charge on any atom is -0.381 e. The van der Waals surface area contributed by atoms with Crippen LogP contribution in [-0.4, -0.2) is 40.9 Å². The Kier molecular flexibility index (Phi) is 5.25. The van der Waals surface area contributed by atoms with Crippen LogP contribution in [0.25, 0.3) is 16.6 Å². The second kappa shape index (κ2) is 8.10. The third kappa shape index (κ3) is 3.21. The molecule has 0 radical (unpaired) electrons. The van der Waals surface area contributed by atoms with Gasteiger partial charge in [0.05, 0.1) is 40.2 Å². The Morgan fingerprint density at radius 1 is 1.19 bits per heavy atom. The van der Waals surface area contributed by atoms with Crippen molar-refractivity contribution in [3.8, 4) is 0 Å². The molecule has 1 fully saturated rings. The van der Waals surface area contributed by atoms with Gasteiger partial charge in [0.2, 0.25) is 0 Å². The van der Waals surface area contributed by atoms with Crippen molar-refractivity contribution in [2.24, 2.45) is 4.99 Å². The minimum atomic E-state index is 0.0154. The first kappa shape index (κ1) is 20.8. The first-order valence-corrected chi connectivity index (χ1v) is 11.3. The molecular formula is C26H29N5O. The van der Waals surface area contributed by atoms with E-state index in [2.05, 4.69) is 40.9 Å². The SMILES string of the molecule is CC=NC(=CC)c1nc2cnccc2c(N2CC3(CCOCC3)c3ncc(C)cc32)c1C. The van der Waals surface area contributed by atoms with E-state index in [1.165, 1.54) is 22.6 Å². The van der Waals surface area contributed by atoms with Crippen LogP contribution in [0.15, 0.2) is 41.8 Å². The van der Waals surface area contributed by atoms with Gasteiger partial charge in [-0.05, 0) is 58.2 Å². The Labute approximate surface area is 189 Å². The fourth-order valence-electron chi connectivity index (χ4n) is 5.19.